The highest BCUT2D eigenvalue weighted by atomic mass is 32.2. The number of anilines is 3. The van der Waals surface area contributed by atoms with Gasteiger partial charge >= 0.3 is 6.09 Å². The zero-order chi connectivity index (χ0) is 25.3. The Balaban J connectivity index is 1.39. The maximum atomic E-state index is 12.9. The van der Waals surface area contributed by atoms with E-state index in [1.807, 2.05) is 25.1 Å². The predicted octanol–water partition coefficient (Wildman–Crippen LogP) is 4.02. The lowest BCUT2D eigenvalue weighted by atomic mass is 9.86. The van der Waals surface area contributed by atoms with Crippen molar-refractivity contribution in [1.82, 2.24) is 20.5 Å². The van der Waals surface area contributed by atoms with E-state index in [0.717, 1.165) is 46.8 Å². The standard InChI is InChI=1S/C23H28N6O5S2/c1-13-8-21(28-27-13)25-16-6-7-18(19(9-16)29-36(32,33)17-11-34-12-17)20-10-24-22(35-20)14-2-4-15(5-3-14)26-23(30)31/h6-10,14-15,17,26,29H,2-5,11-12H2,1H3,(H,30,31)(H2,25,27,28). The normalized spacial score (nSPS) is 20.5. The number of carboxylic acid groups (broad SMARTS) is 1. The number of ether oxygens (including phenoxy) is 1. The molecule has 1 amide bonds. The van der Waals surface area contributed by atoms with Crippen LogP contribution >= 0.6 is 11.3 Å². The summed E-state index contributed by atoms with van der Waals surface area (Å²) in [5.41, 5.74) is 2.81. The summed E-state index contributed by atoms with van der Waals surface area (Å²) in [6.07, 6.45) is 4.04. The number of hydrogen-bond acceptors (Lipinski definition) is 8. The third kappa shape index (κ3) is 5.47. The lowest BCUT2D eigenvalue weighted by Crippen LogP contribution is -2.43. The van der Waals surface area contributed by atoms with Crippen molar-refractivity contribution in [2.75, 3.05) is 23.3 Å². The number of nitrogens with zero attached hydrogens (tertiary/aromatic N) is 2. The van der Waals surface area contributed by atoms with Crippen LogP contribution in [0.15, 0.2) is 30.5 Å². The molecular weight excluding hydrogens is 504 g/mol. The van der Waals surface area contributed by atoms with Crippen molar-refractivity contribution in [1.29, 1.82) is 0 Å². The van der Waals surface area contributed by atoms with Gasteiger partial charge < -0.3 is 20.5 Å². The fraction of sp³-hybridized carbons (Fsp3) is 0.435. The molecule has 0 radical (unpaired) electrons. The minimum Gasteiger partial charge on any atom is -0.465 e. The average Bonchev–Trinajstić information content (AvgIpc) is 3.41. The molecule has 192 valence electrons. The summed E-state index contributed by atoms with van der Waals surface area (Å²) < 4.78 is 33.7. The quantitative estimate of drug-likeness (QED) is 0.291. The Bertz CT molecular complexity index is 1340. The van der Waals surface area contributed by atoms with Crippen LogP contribution in [0.25, 0.3) is 10.4 Å². The number of thiazole rings is 1. The second kappa shape index (κ2) is 10.1. The Morgan fingerprint density at radius 2 is 1.97 bits per heavy atom. The van der Waals surface area contributed by atoms with Gasteiger partial charge in [0.2, 0.25) is 10.0 Å². The summed E-state index contributed by atoms with van der Waals surface area (Å²) in [6.45, 7) is 2.26. The molecule has 2 aliphatic rings. The van der Waals surface area contributed by atoms with Crippen molar-refractivity contribution in [3.8, 4) is 10.4 Å². The maximum absolute atomic E-state index is 12.9. The number of aromatic nitrogens is 3. The van der Waals surface area contributed by atoms with Crippen LogP contribution in [0.5, 0.6) is 0 Å². The van der Waals surface area contributed by atoms with E-state index in [2.05, 4.69) is 30.5 Å². The number of aromatic amines is 1. The molecule has 3 heterocycles. The Kier molecular flexibility index (Phi) is 6.86. The number of rotatable bonds is 8. The summed E-state index contributed by atoms with van der Waals surface area (Å²) >= 11 is 1.54. The van der Waals surface area contributed by atoms with Crippen molar-refractivity contribution >= 4 is 44.6 Å². The number of aryl methyl sites for hydroxylation is 1. The lowest BCUT2D eigenvalue weighted by molar-refractivity contribution is 0.0418. The van der Waals surface area contributed by atoms with Crippen molar-refractivity contribution in [2.24, 2.45) is 0 Å². The maximum Gasteiger partial charge on any atom is 0.404 e. The molecule has 2 aromatic heterocycles. The topological polar surface area (TPSA) is 158 Å². The van der Waals surface area contributed by atoms with Crippen molar-refractivity contribution in [2.45, 2.75) is 49.8 Å². The third-order valence-electron chi connectivity index (χ3n) is 6.49. The van der Waals surface area contributed by atoms with Crippen LogP contribution in [0.2, 0.25) is 0 Å². The fourth-order valence-electron chi connectivity index (χ4n) is 4.44. The van der Waals surface area contributed by atoms with Gasteiger partial charge in [0.05, 0.1) is 28.8 Å². The highest BCUT2D eigenvalue weighted by Crippen LogP contribution is 2.41. The van der Waals surface area contributed by atoms with Gasteiger partial charge in [0, 0.05) is 41.2 Å². The van der Waals surface area contributed by atoms with Gasteiger partial charge in [0.25, 0.3) is 0 Å². The van der Waals surface area contributed by atoms with E-state index >= 15 is 0 Å². The molecule has 0 bridgehead atoms. The van der Waals surface area contributed by atoms with Crippen molar-refractivity contribution < 1.29 is 23.1 Å². The molecule has 0 unspecified atom stereocenters. The molecule has 36 heavy (non-hydrogen) atoms. The van der Waals surface area contributed by atoms with E-state index in [1.54, 1.807) is 23.6 Å². The summed E-state index contributed by atoms with van der Waals surface area (Å²) in [5, 5.41) is 22.2. The van der Waals surface area contributed by atoms with Crippen LogP contribution in [0.3, 0.4) is 0 Å². The highest BCUT2D eigenvalue weighted by Gasteiger charge is 2.33. The van der Waals surface area contributed by atoms with Gasteiger partial charge in [-0.15, -0.1) is 11.3 Å². The van der Waals surface area contributed by atoms with Crippen molar-refractivity contribution in [3.63, 3.8) is 0 Å². The van der Waals surface area contributed by atoms with E-state index in [4.69, 9.17) is 9.84 Å². The molecule has 2 fully saturated rings. The number of sulfonamides is 1. The SMILES string of the molecule is Cc1cc(Nc2ccc(-c3cnc(C4CCC(NC(=O)O)CC4)s3)c(NS(=O)(=O)C3COC3)c2)n[nH]1. The van der Waals surface area contributed by atoms with Gasteiger partial charge in [0.1, 0.15) is 5.25 Å². The van der Waals surface area contributed by atoms with Crippen LogP contribution in [0.4, 0.5) is 22.0 Å². The number of nitrogens with one attached hydrogen (secondary N) is 4. The van der Waals surface area contributed by atoms with Gasteiger partial charge in [0.15, 0.2) is 5.82 Å². The van der Waals surface area contributed by atoms with Gasteiger partial charge in [-0.25, -0.2) is 18.2 Å². The van der Waals surface area contributed by atoms with E-state index in [1.165, 1.54) is 0 Å². The smallest absolute Gasteiger partial charge is 0.404 e. The molecule has 5 rings (SSSR count). The molecule has 1 aromatic carbocycles. The van der Waals surface area contributed by atoms with Gasteiger partial charge in [-0.2, -0.15) is 5.10 Å². The Hall–Kier alpha value is -3.16. The minimum absolute atomic E-state index is 0.0203. The van der Waals surface area contributed by atoms with Crippen LogP contribution in [-0.4, -0.2) is 59.3 Å². The monoisotopic (exact) mass is 532 g/mol. The summed E-state index contributed by atoms with van der Waals surface area (Å²) in [7, 11) is -3.62. The number of hydrogen-bond donors (Lipinski definition) is 5. The van der Waals surface area contributed by atoms with Gasteiger partial charge in [-0.05, 0) is 50.8 Å². The Morgan fingerprint density at radius 3 is 2.61 bits per heavy atom. The van der Waals surface area contributed by atoms with E-state index in [9.17, 15) is 13.2 Å². The van der Waals surface area contributed by atoms with E-state index in [-0.39, 0.29) is 25.2 Å². The molecule has 0 atom stereocenters. The molecule has 1 saturated heterocycles. The van der Waals surface area contributed by atoms with Crippen LogP contribution < -0.4 is 15.4 Å². The second-order valence-electron chi connectivity index (χ2n) is 9.19. The van der Waals surface area contributed by atoms with Crippen LogP contribution in [0.1, 0.15) is 42.3 Å². The van der Waals surface area contributed by atoms with E-state index < -0.39 is 21.4 Å². The van der Waals surface area contributed by atoms with Crippen LogP contribution in [0, 0.1) is 6.92 Å². The predicted molar refractivity (Wildman–Crippen MR) is 137 cm³/mol. The molecule has 1 aliphatic heterocycles. The lowest BCUT2D eigenvalue weighted by Gasteiger charge is -2.27. The largest absolute Gasteiger partial charge is 0.465 e. The van der Waals surface area contributed by atoms with Gasteiger partial charge in [-0.3, -0.25) is 9.82 Å². The molecular formula is C23H28N6O5S2. The molecule has 3 aromatic rings. The summed E-state index contributed by atoms with van der Waals surface area (Å²) in [6, 6.07) is 7.36. The molecule has 11 nitrogen and oxygen atoms in total. The first-order chi connectivity index (χ1) is 17.3. The first-order valence-electron chi connectivity index (χ1n) is 11.7. The number of benzene rings is 1. The van der Waals surface area contributed by atoms with Gasteiger partial charge in [-0.1, -0.05) is 0 Å². The summed E-state index contributed by atoms with van der Waals surface area (Å²) in [4.78, 5) is 16.4. The number of carbonyl (C=O) groups is 1. The first kappa shape index (κ1) is 24.5. The van der Waals surface area contributed by atoms with Crippen LogP contribution in [-0.2, 0) is 14.8 Å². The first-order valence-corrected chi connectivity index (χ1v) is 14.1. The molecule has 1 saturated carbocycles. The number of H-pyrrole nitrogens is 1. The third-order valence-corrected chi connectivity index (χ3v) is 9.34. The molecule has 0 spiro atoms. The zero-order valence-corrected chi connectivity index (χ0v) is 21.3. The Morgan fingerprint density at radius 1 is 1.19 bits per heavy atom. The van der Waals surface area contributed by atoms with E-state index in [0.29, 0.717) is 17.2 Å². The average molecular weight is 533 g/mol. The fourth-order valence-corrected chi connectivity index (χ4v) is 6.76. The minimum atomic E-state index is -3.62. The Labute approximate surface area is 212 Å². The molecule has 13 heteroatoms. The van der Waals surface area contributed by atoms with Crippen molar-refractivity contribution in [3.05, 3.63) is 41.2 Å². The molecule has 1 aliphatic carbocycles. The zero-order valence-electron chi connectivity index (χ0n) is 19.7. The molecule has 5 N–H and O–H groups in total. The summed E-state index contributed by atoms with van der Waals surface area (Å²) in [5.74, 6) is 0.890. The highest BCUT2D eigenvalue weighted by molar-refractivity contribution is 7.93. The second-order valence-corrected chi connectivity index (χ2v) is 12.2. The number of amides is 1.